The third-order valence-corrected chi connectivity index (χ3v) is 3.66. The van der Waals surface area contributed by atoms with Crippen LogP contribution >= 0.6 is 0 Å². The maximum atomic E-state index is 10.4. The summed E-state index contributed by atoms with van der Waals surface area (Å²) in [6, 6.07) is 16.6. The fraction of sp³-hybridized carbons (Fsp3) is 0.278. The number of aliphatic hydroxyl groups excluding tert-OH is 1. The second-order valence-electron chi connectivity index (χ2n) is 4.98. The van der Waals surface area contributed by atoms with Crippen LogP contribution in [0.25, 0.3) is 11.1 Å². The number of likely N-dealkylation sites (N-methyl/N-ethyl adjacent to an activating group) is 1. The van der Waals surface area contributed by atoms with E-state index >= 15 is 0 Å². The molecule has 1 aliphatic rings. The molecule has 3 rings (SSSR count). The number of nitrogens with one attached hydrogen (secondary N) is 1. The van der Waals surface area contributed by atoms with Crippen LogP contribution in [0.4, 0.5) is 0 Å². The van der Waals surface area contributed by atoms with Crippen LogP contribution < -0.4 is 5.32 Å². The quantitative estimate of drug-likeness (QED) is 0.831. The van der Waals surface area contributed by atoms with E-state index in [1.807, 2.05) is 24.3 Å². The van der Waals surface area contributed by atoms with Crippen LogP contribution in [0.3, 0.4) is 0 Å². The van der Waals surface area contributed by atoms with E-state index in [-0.39, 0.29) is 12.5 Å². The van der Waals surface area contributed by atoms with Gasteiger partial charge in [-0.25, -0.2) is 0 Å². The monoisotopic (exact) mass is 299 g/mol. The Labute approximate surface area is 130 Å². The third-order valence-electron chi connectivity index (χ3n) is 3.66. The fourth-order valence-corrected chi connectivity index (χ4v) is 2.69. The van der Waals surface area contributed by atoms with E-state index in [4.69, 9.17) is 9.84 Å². The Morgan fingerprint density at radius 3 is 2.05 bits per heavy atom. The molecule has 0 bridgehead atoms. The average molecular weight is 299 g/mol. The maximum Gasteiger partial charge on any atom is 0.293 e. The van der Waals surface area contributed by atoms with Crippen molar-refractivity contribution in [2.75, 3.05) is 26.8 Å². The molecular weight excluding hydrogens is 278 g/mol. The summed E-state index contributed by atoms with van der Waals surface area (Å²) in [6.45, 7) is 1.86. The molecule has 0 amide bonds. The Morgan fingerprint density at radius 1 is 1.09 bits per heavy atom. The largest absolute Gasteiger partial charge is 0.467 e. The van der Waals surface area contributed by atoms with Crippen molar-refractivity contribution in [2.24, 2.45) is 0 Å². The first-order valence-corrected chi connectivity index (χ1v) is 7.32. The first kappa shape index (κ1) is 16.2. The van der Waals surface area contributed by atoms with E-state index < -0.39 is 0 Å². The van der Waals surface area contributed by atoms with E-state index in [0.29, 0.717) is 19.6 Å². The van der Waals surface area contributed by atoms with Gasteiger partial charge in [0.05, 0.1) is 6.61 Å². The zero-order valence-electron chi connectivity index (χ0n) is 12.7. The lowest BCUT2D eigenvalue weighted by atomic mass is 9.98. The van der Waals surface area contributed by atoms with Gasteiger partial charge in [-0.15, -0.1) is 0 Å². The topological polar surface area (TPSA) is 58.6 Å². The molecule has 0 fully saturated rings. The minimum absolute atomic E-state index is 0.174. The molecule has 0 aliphatic heterocycles. The summed E-state index contributed by atoms with van der Waals surface area (Å²) >= 11 is 0. The molecule has 0 atom stereocenters. The van der Waals surface area contributed by atoms with Crippen molar-refractivity contribution in [1.82, 2.24) is 5.32 Å². The summed E-state index contributed by atoms with van der Waals surface area (Å²) in [6.07, 6.45) is 0. The van der Waals surface area contributed by atoms with Gasteiger partial charge < -0.3 is 15.2 Å². The Morgan fingerprint density at radius 2 is 1.64 bits per heavy atom. The van der Waals surface area contributed by atoms with Crippen molar-refractivity contribution >= 4 is 6.47 Å². The van der Waals surface area contributed by atoms with Gasteiger partial charge in [0.2, 0.25) is 0 Å². The molecule has 2 aromatic carbocycles. The number of benzene rings is 2. The van der Waals surface area contributed by atoms with Crippen molar-refractivity contribution in [2.45, 2.75) is 5.92 Å². The SMILES string of the molecule is CNCCO.O=COCC1c2ccccc2-c2ccccc21. The van der Waals surface area contributed by atoms with Crippen molar-refractivity contribution < 1.29 is 14.6 Å². The minimum atomic E-state index is 0.174. The van der Waals surface area contributed by atoms with E-state index in [9.17, 15) is 4.79 Å². The van der Waals surface area contributed by atoms with Gasteiger partial charge in [-0.1, -0.05) is 48.5 Å². The Balaban J connectivity index is 0.000000309. The van der Waals surface area contributed by atoms with Crippen LogP contribution in [-0.2, 0) is 9.53 Å². The van der Waals surface area contributed by atoms with Crippen molar-refractivity contribution in [3.05, 3.63) is 59.7 Å². The molecular formula is C18H21NO3. The van der Waals surface area contributed by atoms with Crippen LogP contribution in [-0.4, -0.2) is 38.4 Å². The second-order valence-corrected chi connectivity index (χ2v) is 4.98. The molecule has 116 valence electrons. The number of hydrogen-bond acceptors (Lipinski definition) is 4. The predicted octanol–water partition coefficient (Wildman–Crippen LogP) is 2.17. The van der Waals surface area contributed by atoms with Crippen LogP contribution in [0.5, 0.6) is 0 Å². The molecule has 0 heterocycles. The summed E-state index contributed by atoms with van der Waals surface area (Å²) < 4.78 is 4.95. The molecule has 22 heavy (non-hydrogen) atoms. The van der Waals surface area contributed by atoms with Crippen molar-refractivity contribution in [3.8, 4) is 11.1 Å². The molecule has 4 nitrogen and oxygen atoms in total. The lowest BCUT2D eigenvalue weighted by Gasteiger charge is -2.11. The van der Waals surface area contributed by atoms with Gasteiger partial charge in [-0.3, -0.25) is 4.79 Å². The molecule has 0 saturated heterocycles. The highest BCUT2D eigenvalue weighted by molar-refractivity contribution is 5.78. The molecule has 1 aliphatic carbocycles. The van der Waals surface area contributed by atoms with Crippen LogP contribution in [0.15, 0.2) is 48.5 Å². The number of ether oxygens (including phenoxy) is 1. The summed E-state index contributed by atoms with van der Waals surface area (Å²) in [7, 11) is 1.80. The number of rotatable bonds is 5. The second kappa shape index (κ2) is 8.32. The lowest BCUT2D eigenvalue weighted by molar-refractivity contribution is -0.128. The number of carbonyl (C=O) groups excluding carboxylic acids is 1. The normalized spacial score (nSPS) is 11.9. The van der Waals surface area contributed by atoms with Crippen LogP contribution in [0.2, 0.25) is 0 Å². The summed E-state index contributed by atoms with van der Waals surface area (Å²) in [5.74, 6) is 0.174. The van der Waals surface area contributed by atoms with Gasteiger partial charge in [0.25, 0.3) is 6.47 Å². The zero-order chi connectivity index (χ0) is 15.8. The molecule has 0 saturated carbocycles. The van der Waals surface area contributed by atoms with Crippen LogP contribution in [0, 0.1) is 0 Å². The van der Waals surface area contributed by atoms with Gasteiger partial charge in [-0.2, -0.15) is 0 Å². The highest BCUT2D eigenvalue weighted by atomic mass is 16.5. The average Bonchev–Trinajstić information content (AvgIpc) is 2.88. The standard InChI is InChI=1S/C15H12O2.C3H9NO/c16-10-17-9-15-13-7-3-1-5-11(13)12-6-2-4-8-14(12)15;1-4-2-3-5/h1-8,10,15H,9H2;4-5H,2-3H2,1H3. The van der Waals surface area contributed by atoms with Crippen molar-refractivity contribution in [1.29, 1.82) is 0 Å². The summed E-state index contributed by atoms with van der Waals surface area (Å²) in [5.41, 5.74) is 5.00. The van der Waals surface area contributed by atoms with Gasteiger partial charge in [0.1, 0.15) is 6.61 Å². The molecule has 2 N–H and O–H groups in total. The molecule has 0 aromatic heterocycles. The predicted molar refractivity (Wildman–Crippen MR) is 86.7 cm³/mol. The Kier molecular flexibility index (Phi) is 6.13. The molecule has 0 radical (unpaired) electrons. The first-order chi connectivity index (χ1) is 10.8. The van der Waals surface area contributed by atoms with Gasteiger partial charge in [-0.05, 0) is 29.3 Å². The number of aliphatic hydroxyl groups is 1. The number of fused-ring (bicyclic) bond motifs is 3. The van der Waals surface area contributed by atoms with E-state index in [1.165, 1.54) is 22.3 Å². The summed E-state index contributed by atoms with van der Waals surface area (Å²) in [5, 5.41) is 10.8. The Hall–Kier alpha value is -2.17. The maximum absolute atomic E-state index is 10.4. The van der Waals surface area contributed by atoms with Gasteiger partial charge in [0, 0.05) is 12.5 Å². The summed E-state index contributed by atoms with van der Waals surface area (Å²) in [4.78, 5) is 10.4. The van der Waals surface area contributed by atoms with E-state index in [0.717, 1.165) is 0 Å². The van der Waals surface area contributed by atoms with Gasteiger partial charge >= 0.3 is 0 Å². The van der Waals surface area contributed by atoms with E-state index in [1.54, 1.807) is 7.05 Å². The highest BCUT2D eigenvalue weighted by Crippen LogP contribution is 2.44. The first-order valence-electron chi connectivity index (χ1n) is 7.32. The number of carbonyl (C=O) groups is 1. The minimum Gasteiger partial charge on any atom is -0.467 e. The zero-order valence-corrected chi connectivity index (χ0v) is 12.7. The highest BCUT2D eigenvalue weighted by Gasteiger charge is 2.28. The molecule has 2 aromatic rings. The van der Waals surface area contributed by atoms with E-state index in [2.05, 4.69) is 29.6 Å². The molecule has 0 spiro atoms. The van der Waals surface area contributed by atoms with Crippen molar-refractivity contribution in [3.63, 3.8) is 0 Å². The Bertz CT molecular complexity index is 565. The number of hydrogen-bond donors (Lipinski definition) is 2. The fourth-order valence-electron chi connectivity index (χ4n) is 2.69. The molecule has 4 heteroatoms. The van der Waals surface area contributed by atoms with Gasteiger partial charge in [0.15, 0.2) is 0 Å². The lowest BCUT2D eigenvalue weighted by Crippen LogP contribution is -2.10. The smallest absolute Gasteiger partial charge is 0.293 e. The van der Waals surface area contributed by atoms with Crippen LogP contribution in [0.1, 0.15) is 17.0 Å². The third kappa shape index (κ3) is 3.53. The molecule has 0 unspecified atom stereocenters.